The molecule has 0 N–H and O–H groups in total. The van der Waals surface area contributed by atoms with Crippen LogP contribution >= 0.6 is 15.9 Å². The summed E-state index contributed by atoms with van der Waals surface area (Å²) in [7, 11) is 0. The van der Waals surface area contributed by atoms with Gasteiger partial charge in [-0.05, 0) is 23.3 Å². The predicted octanol–water partition coefficient (Wildman–Crippen LogP) is 4.66. The van der Waals surface area contributed by atoms with Crippen molar-refractivity contribution in [1.29, 1.82) is 0 Å². The van der Waals surface area contributed by atoms with Crippen molar-refractivity contribution in [2.75, 3.05) is 0 Å². The molecule has 0 aliphatic carbocycles. The number of hydrogen-bond donors (Lipinski definition) is 0. The van der Waals surface area contributed by atoms with Crippen LogP contribution < -0.4 is 0 Å². The van der Waals surface area contributed by atoms with Crippen LogP contribution in [0.4, 0.5) is 5.69 Å². The Hall–Kier alpha value is -1.94. The summed E-state index contributed by atoms with van der Waals surface area (Å²) in [6.45, 7) is 0. The van der Waals surface area contributed by atoms with Gasteiger partial charge in [0, 0.05) is 11.4 Å². The monoisotopic (exact) mass is 317 g/mol. The number of rotatable bonds is 4. The van der Waals surface area contributed by atoms with Crippen molar-refractivity contribution in [2.24, 2.45) is 0 Å². The molecule has 0 aliphatic heterocycles. The van der Waals surface area contributed by atoms with E-state index in [4.69, 9.17) is 0 Å². The first kappa shape index (κ1) is 13.5. The van der Waals surface area contributed by atoms with Gasteiger partial charge < -0.3 is 0 Å². The molecule has 4 heteroatoms. The van der Waals surface area contributed by atoms with Crippen molar-refractivity contribution in [3.8, 4) is 0 Å². The first-order valence-electron chi connectivity index (χ1n) is 5.77. The van der Waals surface area contributed by atoms with Gasteiger partial charge in [0.2, 0.25) is 0 Å². The fourth-order valence-corrected chi connectivity index (χ4v) is 2.07. The van der Waals surface area contributed by atoms with E-state index in [-0.39, 0.29) is 10.6 Å². The average Bonchev–Trinajstić information content (AvgIpc) is 2.46. The Morgan fingerprint density at radius 1 is 1.05 bits per heavy atom. The van der Waals surface area contributed by atoms with Gasteiger partial charge in [0.1, 0.15) is 0 Å². The minimum Gasteiger partial charge on any atom is -0.258 e. The van der Waals surface area contributed by atoms with Crippen LogP contribution in [0.15, 0.2) is 48.5 Å². The highest BCUT2D eigenvalue weighted by Gasteiger charge is 2.08. The maximum atomic E-state index is 10.9. The van der Waals surface area contributed by atoms with E-state index in [1.807, 2.05) is 30.3 Å². The summed E-state index contributed by atoms with van der Waals surface area (Å²) in [6.07, 6.45) is 3.64. The maximum absolute atomic E-state index is 10.9. The summed E-state index contributed by atoms with van der Waals surface area (Å²) in [5.41, 5.74) is 2.94. The number of halogens is 1. The van der Waals surface area contributed by atoms with Crippen LogP contribution in [0.5, 0.6) is 0 Å². The van der Waals surface area contributed by atoms with Crippen molar-refractivity contribution < 1.29 is 4.92 Å². The summed E-state index contributed by atoms with van der Waals surface area (Å²) < 4.78 is 0. The Morgan fingerprint density at radius 2 is 1.74 bits per heavy atom. The Morgan fingerprint density at radius 3 is 2.37 bits per heavy atom. The second-order valence-electron chi connectivity index (χ2n) is 4.02. The predicted molar refractivity (Wildman–Crippen MR) is 81.1 cm³/mol. The molecule has 19 heavy (non-hydrogen) atoms. The normalized spacial score (nSPS) is 10.8. The third-order valence-electron chi connectivity index (χ3n) is 2.72. The van der Waals surface area contributed by atoms with E-state index >= 15 is 0 Å². The van der Waals surface area contributed by atoms with Gasteiger partial charge in [0.25, 0.3) is 5.69 Å². The number of benzene rings is 2. The van der Waals surface area contributed by atoms with Crippen LogP contribution in [0, 0.1) is 10.1 Å². The van der Waals surface area contributed by atoms with E-state index in [1.54, 1.807) is 24.3 Å². The highest BCUT2D eigenvalue weighted by Crippen LogP contribution is 2.20. The van der Waals surface area contributed by atoms with Gasteiger partial charge in [-0.15, -0.1) is 0 Å². The molecule has 0 aliphatic rings. The molecule has 0 spiro atoms. The number of para-hydroxylation sites is 1. The molecular weight excluding hydrogens is 306 g/mol. The highest BCUT2D eigenvalue weighted by atomic mass is 79.9. The van der Waals surface area contributed by atoms with E-state index in [0.29, 0.717) is 5.56 Å². The minimum absolute atomic E-state index is 0.121. The smallest absolute Gasteiger partial charge is 0.258 e. The number of nitro benzene ring substituents is 1. The molecule has 0 bridgehead atoms. The van der Waals surface area contributed by atoms with Gasteiger partial charge >= 0.3 is 0 Å². The second-order valence-corrected chi connectivity index (χ2v) is 4.59. The standard InChI is InChI=1S/C15H12BrNO2/c16-11-13-7-5-12(6-8-13)9-10-14-3-1-2-4-15(14)17(18)19/h1-10H,11H2/b10-9+. The molecule has 2 aromatic rings. The number of nitro groups is 1. The summed E-state index contributed by atoms with van der Waals surface area (Å²) in [6, 6.07) is 14.7. The van der Waals surface area contributed by atoms with Gasteiger partial charge in [0.05, 0.1) is 10.5 Å². The van der Waals surface area contributed by atoms with Crippen molar-refractivity contribution >= 4 is 33.8 Å². The lowest BCUT2D eigenvalue weighted by Crippen LogP contribution is -1.90. The van der Waals surface area contributed by atoms with Crippen LogP contribution in [0.3, 0.4) is 0 Å². The van der Waals surface area contributed by atoms with E-state index in [2.05, 4.69) is 15.9 Å². The van der Waals surface area contributed by atoms with Gasteiger partial charge in [-0.25, -0.2) is 0 Å². The SMILES string of the molecule is O=[N+]([O-])c1ccccc1/C=C/c1ccc(CBr)cc1. The first-order valence-corrected chi connectivity index (χ1v) is 6.89. The van der Waals surface area contributed by atoms with Crippen molar-refractivity contribution in [3.63, 3.8) is 0 Å². The van der Waals surface area contributed by atoms with Crippen molar-refractivity contribution in [1.82, 2.24) is 0 Å². The third-order valence-corrected chi connectivity index (χ3v) is 3.37. The number of alkyl halides is 1. The maximum Gasteiger partial charge on any atom is 0.276 e. The molecular formula is C15H12BrNO2. The zero-order valence-corrected chi connectivity index (χ0v) is 11.7. The summed E-state index contributed by atoms with van der Waals surface area (Å²) in [5, 5.41) is 11.7. The summed E-state index contributed by atoms with van der Waals surface area (Å²) >= 11 is 3.39. The van der Waals surface area contributed by atoms with E-state index in [1.165, 1.54) is 11.6 Å². The number of nitrogens with zero attached hydrogens (tertiary/aromatic N) is 1. The molecule has 0 unspecified atom stereocenters. The molecule has 0 atom stereocenters. The molecule has 0 heterocycles. The molecule has 0 amide bonds. The molecule has 0 radical (unpaired) electrons. The first-order chi connectivity index (χ1) is 9.20. The fraction of sp³-hybridized carbons (Fsp3) is 0.0667. The van der Waals surface area contributed by atoms with Crippen LogP contribution in [0.1, 0.15) is 16.7 Å². The third kappa shape index (κ3) is 3.51. The molecule has 0 aromatic heterocycles. The van der Waals surface area contributed by atoms with Crippen molar-refractivity contribution in [2.45, 2.75) is 5.33 Å². The van der Waals surface area contributed by atoms with Gasteiger partial charge in [-0.2, -0.15) is 0 Å². The van der Waals surface area contributed by atoms with Crippen LogP contribution in [0.2, 0.25) is 0 Å². The minimum atomic E-state index is -0.367. The van der Waals surface area contributed by atoms with E-state index in [9.17, 15) is 10.1 Å². The van der Waals surface area contributed by atoms with Crippen LogP contribution in [0.25, 0.3) is 12.2 Å². The molecule has 2 aromatic carbocycles. The average molecular weight is 318 g/mol. The Balaban J connectivity index is 2.24. The van der Waals surface area contributed by atoms with Crippen LogP contribution in [-0.4, -0.2) is 4.92 Å². The Kier molecular flexibility index (Phi) is 4.47. The molecule has 2 rings (SSSR count). The second kappa shape index (κ2) is 6.29. The summed E-state index contributed by atoms with van der Waals surface area (Å²) in [5.74, 6) is 0. The molecule has 0 saturated carbocycles. The zero-order chi connectivity index (χ0) is 13.7. The zero-order valence-electron chi connectivity index (χ0n) is 10.1. The lowest BCUT2D eigenvalue weighted by Gasteiger charge is -1.98. The number of hydrogen-bond acceptors (Lipinski definition) is 2. The van der Waals surface area contributed by atoms with Crippen LogP contribution in [-0.2, 0) is 5.33 Å². The van der Waals surface area contributed by atoms with E-state index in [0.717, 1.165) is 10.9 Å². The topological polar surface area (TPSA) is 43.1 Å². The summed E-state index contributed by atoms with van der Waals surface area (Å²) in [4.78, 5) is 10.5. The molecule has 0 saturated heterocycles. The lowest BCUT2D eigenvalue weighted by atomic mass is 10.1. The molecule has 0 fully saturated rings. The highest BCUT2D eigenvalue weighted by molar-refractivity contribution is 9.08. The van der Waals surface area contributed by atoms with Gasteiger partial charge in [-0.1, -0.05) is 58.4 Å². The Bertz CT molecular complexity index is 606. The largest absolute Gasteiger partial charge is 0.276 e. The quantitative estimate of drug-likeness (QED) is 0.356. The van der Waals surface area contributed by atoms with Gasteiger partial charge in [0.15, 0.2) is 0 Å². The van der Waals surface area contributed by atoms with Crippen molar-refractivity contribution in [3.05, 3.63) is 75.3 Å². The lowest BCUT2D eigenvalue weighted by molar-refractivity contribution is -0.385. The van der Waals surface area contributed by atoms with Gasteiger partial charge in [-0.3, -0.25) is 10.1 Å². The molecule has 3 nitrogen and oxygen atoms in total. The molecule has 96 valence electrons. The van der Waals surface area contributed by atoms with E-state index < -0.39 is 0 Å². The Labute approximate surface area is 119 Å². The fourth-order valence-electron chi connectivity index (χ4n) is 1.70.